The first-order valence-electron chi connectivity index (χ1n) is 40.3. The number of carboxylic acids is 1. The van der Waals surface area contributed by atoms with Gasteiger partial charge in [0.2, 0.25) is 0 Å². The number of fused-ring (bicyclic) bond motifs is 20. The van der Waals surface area contributed by atoms with Crippen molar-refractivity contribution in [2.24, 2.45) is 114 Å². The smallest absolute Gasteiger partial charge is 0.822 e. The third kappa shape index (κ3) is 17.1. The Morgan fingerprint density at radius 1 is 0.368 bits per heavy atom. The second-order valence-electron chi connectivity index (χ2n) is 37.7. The van der Waals surface area contributed by atoms with Gasteiger partial charge in [-0.15, -0.1) is 0 Å². The van der Waals surface area contributed by atoms with Crippen LogP contribution in [0.1, 0.15) is 191 Å². The number of aliphatic hydroxyl groups is 12. The molecule has 0 heterocycles. The number of carboxylic acid groups (broad SMARTS) is 1. The quantitative estimate of drug-likeness (QED) is 0.0793. The van der Waals surface area contributed by atoms with Gasteiger partial charge in [-0.3, -0.25) is 38.4 Å². The first-order valence-corrected chi connectivity index (χ1v) is 41.7. The molecular weight excluding hydrogens is 1570 g/mol. The number of Topliss-reactive ketones (excluding diaryl/α,β-unsaturated/α-hetero) is 4. The van der Waals surface area contributed by atoms with Crippen LogP contribution in [-0.4, -0.2) is 187 Å². The molecule has 0 radical (unpaired) electrons. The van der Waals surface area contributed by atoms with Crippen molar-refractivity contribution in [3.63, 3.8) is 0 Å². The number of aliphatic carboxylic acids is 1. The molecule has 28 atom stereocenters. The molecule has 16 aliphatic carbocycles. The summed E-state index contributed by atoms with van der Waals surface area (Å²) in [5.41, 5.74) is -6.17. The van der Waals surface area contributed by atoms with Crippen molar-refractivity contribution in [2.45, 2.75) is 238 Å². The largest absolute Gasteiger partial charge is 1.00 e. The van der Waals surface area contributed by atoms with E-state index in [4.69, 9.17) is 29.1 Å². The summed E-state index contributed by atoms with van der Waals surface area (Å²) in [5.74, 6) is -1.99. The topological polar surface area (TPSA) is 506 Å². The number of allylic oxidation sites excluding steroid dienone is 16. The Morgan fingerprint density at radius 3 is 0.684 bits per heavy atom. The van der Waals surface area contributed by atoms with Crippen molar-refractivity contribution in [3.8, 4) is 0 Å². The van der Waals surface area contributed by atoms with Gasteiger partial charge in [0.25, 0.3) is 0 Å². The van der Waals surface area contributed by atoms with E-state index >= 15 is 0 Å². The van der Waals surface area contributed by atoms with Crippen molar-refractivity contribution < 1.29 is 247 Å². The first kappa shape index (κ1) is 102. The van der Waals surface area contributed by atoms with E-state index in [9.17, 15) is 99.6 Å². The molecule has 624 valence electrons. The fraction of sp³-hybridized carbons (Fsp3) is 0.709. The van der Waals surface area contributed by atoms with Crippen LogP contribution in [0.25, 0.3) is 0 Å². The summed E-state index contributed by atoms with van der Waals surface area (Å²) in [7, 11) is -5.39. The van der Waals surface area contributed by atoms with Gasteiger partial charge >= 0.3 is 118 Å². The summed E-state index contributed by atoms with van der Waals surface area (Å²) in [4.78, 5) is 131. The average molecular weight is 1690 g/mol. The molecule has 16 rings (SSSR count). The van der Waals surface area contributed by atoms with Crippen LogP contribution >= 0.6 is 7.82 Å². The molecule has 0 spiro atoms. The van der Waals surface area contributed by atoms with Gasteiger partial charge in [-0.05, 0) is 231 Å². The van der Waals surface area contributed by atoms with E-state index < -0.39 is 132 Å². The zero-order valence-corrected chi connectivity index (χ0v) is 79.1. The second kappa shape index (κ2) is 37.0. The zero-order valence-electron chi connectivity index (χ0n) is 70.2. The maximum Gasteiger partial charge on any atom is 1.00 e. The fourth-order valence-electron chi connectivity index (χ4n) is 27.7. The van der Waals surface area contributed by atoms with Crippen LogP contribution in [-0.2, 0) is 47.7 Å². The third-order valence-electron chi connectivity index (χ3n) is 33.0. The Bertz CT molecular complexity index is 3700. The Labute approximate surface area is 773 Å². The molecule has 0 amide bonds. The Kier molecular flexibility index (Phi) is 32.4. The molecule has 0 aliphatic heterocycles. The van der Waals surface area contributed by atoms with Crippen molar-refractivity contribution in [2.75, 3.05) is 26.4 Å². The van der Waals surface area contributed by atoms with Crippen molar-refractivity contribution in [1.29, 1.82) is 0 Å². The van der Waals surface area contributed by atoms with Gasteiger partial charge in [0.05, 0.1) is 24.4 Å². The number of rotatable bonds is 8. The molecule has 12 saturated carbocycles. The SMILES string of the molecule is CC(=O)[O-].C[C@]12C=CC(=O)C=C1CCC1C2C(O)C[C@@]2(C)C1CC[C@]2(O)C(=O)CO.C[C@]12C=CC(=O)C=C1CCC1C2C(O)C[C@@]2(C)C1CC[C@]2(O)C(=O)CO.C[C@]12C=CC(=O)C=C1CCC1C2C(O)C[C@@]2(C)C1CC[C@]2(O)C(=O)CO.C[C@]12C=CC(=O)C=C1CC[C@@H]1C3CC[C@](O)(C(=O)CO)[C@@]3(C)CC(O)[C@H]12.O=P([O-])([O-])[O-].[Na+].[Na+].[Na+].[Na+]. The fourth-order valence-corrected chi connectivity index (χ4v) is 27.7. The Morgan fingerprint density at radius 2 is 0.530 bits per heavy atom. The molecule has 31 heteroatoms. The van der Waals surface area contributed by atoms with Crippen LogP contribution in [0.4, 0.5) is 0 Å². The van der Waals surface area contributed by atoms with E-state index in [1.54, 1.807) is 48.6 Å². The monoisotopic (exact) mass is 1690 g/mol. The molecular formula is C86H115Na4O26P. The van der Waals surface area contributed by atoms with Crippen LogP contribution in [0, 0.1) is 114 Å². The van der Waals surface area contributed by atoms with Crippen LogP contribution in [0.3, 0.4) is 0 Å². The molecule has 26 nitrogen and oxygen atoms in total. The summed E-state index contributed by atoms with van der Waals surface area (Å²) in [5, 5.41) is 136. The predicted molar refractivity (Wildman–Crippen MR) is 398 cm³/mol. The van der Waals surface area contributed by atoms with Crippen LogP contribution in [0.2, 0.25) is 0 Å². The number of hydrogen-bond acceptors (Lipinski definition) is 26. The molecule has 0 bridgehead atoms. The minimum atomic E-state index is -5.39. The van der Waals surface area contributed by atoms with E-state index in [0.717, 1.165) is 106 Å². The van der Waals surface area contributed by atoms with Crippen molar-refractivity contribution >= 4 is 60.1 Å². The summed E-state index contributed by atoms with van der Waals surface area (Å²) in [6, 6.07) is 0. The van der Waals surface area contributed by atoms with Gasteiger partial charge in [-0.25, -0.2) is 0 Å². The number of phosphoric acid groups is 1. The van der Waals surface area contributed by atoms with E-state index in [1.165, 1.54) is 0 Å². The first-order chi connectivity index (χ1) is 52.4. The minimum absolute atomic E-state index is 0. The van der Waals surface area contributed by atoms with Crippen molar-refractivity contribution in [1.82, 2.24) is 0 Å². The van der Waals surface area contributed by atoms with Gasteiger partial charge in [-0.2, -0.15) is 7.82 Å². The van der Waals surface area contributed by atoms with Gasteiger partial charge in [-0.1, -0.05) is 102 Å². The van der Waals surface area contributed by atoms with Crippen LogP contribution in [0.5, 0.6) is 0 Å². The molecule has 14 unspecified atom stereocenters. The Balaban J connectivity index is 0.000000206. The maximum absolute atomic E-state index is 12.4. The minimum Gasteiger partial charge on any atom is -0.822 e. The molecule has 0 aromatic heterocycles. The standard InChI is InChI=1S/4C21H28O5.C2H4O2.4Na.H3O4P/c4*1-19-7-5-13(23)9-12(19)3-4-14-15-6-8-21(26,17(25)11-22)20(15,2)10-16(24)18(14)19;1-2(3)4;;;;;1-5(2,3)4/h4*5,7,9,14-16,18,22,24,26H,3-4,6,8,10-11H2,1-2H3;1H3,(H,3,4);;;;;(H3,1,2,3,4)/q;;;;;4*+1;/p-4/t3*14?,15?,16?,18?,19-,20-,21-;14-,15?,16?,18+,19+,20+,21+;;;;;;/m0001....../s1. The van der Waals surface area contributed by atoms with Crippen LogP contribution in [0.15, 0.2) is 95.2 Å². The van der Waals surface area contributed by atoms with E-state index in [-0.39, 0.29) is 234 Å². The Hall–Kier alpha value is -1.62. The summed E-state index contributed by atoms with van der Waals surface area (Å²) in [6.07, 6.45) is 30.7. The number of carbonyl (C=O) groups is 9. The van der Waals surface area contributed by atoms with Gasteiger partial charge in [0.1, 0.15) is 48.8 Å². The van der Waals surface area contributed by atoms with E-state index in [0.29, 0.717) is 51.4 Å². The third-order valence-corrected chi connectivity index (χ3v) is 33.0. The molecule has 12 fully saturated rings. The van der Waals surface area contributed by atoms with E-state index in [2.05, 4.69) is 27.7 Å². The summed E-state index contributed by atoms with van der Waals surface area (Å²) < 4.78 is 8.55. The predicted octanol–water partition coefficient (Wildman–Crippen LogP) is -9.82. The van der Waals surface area contributed by atoms with Crippen molar-refractivity contribution in [3.05, 3.63) is 95.2 Å². The summed E-state index contributed by atoms with van der Waals surface area (Å²) in [6.45, 7) is 14.3. The average Bonchev–Trinajstić information content (AvgIpc) is 1.62. The molecule has 12 N–H and O–H groups in total. The van der Waals surface area contributed by atoms with Gasteiger partial charge in [0.15, 0.2) is 46.3 Å². The molecule has 0 aromatic rings. The molecule has 0 aromatic carbocycles. The molecule has 0 saturated heterocycles. The van der Waals surface area contributed by atoms with Crippen LogP contribution < -0.4 is 138 Å². The normalized spacial score (nSPS) is 45.1. The molecule has 117 heavy (non-hydrogen) atoms. The van der Waals surface area contributed by atoms with Gasteiger partial charge in [0, 0.05) is 73.0 Å². The zero-order chi connectivity index (χ0) is 83.7. The second-order valence-corrected chi connectivity index (χ2v) is 38.6. The number of ketones is 8. The maximum atomic E-state index is 12.4. The number of hydrogen-bond donors (Lipinski definition) is 12. The van der Waals surface area contributed by atoms with Gasteiger partial charge < -0.3 is 90.4 Å². The van der Waals surface area contributed by atoms with E-state index in [1.807, 2.05) is 52.0 Å². The molecule has 16 aliphatic rings. The number of carbonyl (C=O) groups excluding carboxylic acids is 9. The number of aliphatic hydroxyl groups excluding tert-OH is 8. The summed E-state index contributed by atoms with van der Waals surface area (Å²) >= 11 is 0.